The second-order valence-electron chi connectivity index (χ2n) is 3.87. The first-order valence-corrected chi connectivity index (χ1v) is 5.53. The summed E-state index contributed by atoms with van der Waals surface area (Å²) < 4.78 is 15.0. The standard InChI is InChI=1S/C12H14FN3O/c1-2-9(17)7-16-8-12(14-15-16)10-5-3-4-6-11(10)13/h3-6,8-9,17H,2,7H2,1H3. The molecule has 1 N–H and O–H groups in total. The third-order valence-electron chi connectivity index (χ3n) is 2.56. The van der Waals surface area contributed by atoms with Gasteiger partial charge in [-0.3, -0.25) is 0 Å². The van der Waals surface area contributed by atoms with E-state index in [2.05, 4.69) is 10.3 Å². The zero-order valence-electron chi connectivity index (χ0n) is 9.55. The van der Waals surface area contributed by atoms with Crippen LogP contribution in [0.25, 0.3) is 11.3 Å². The maximum atomic E-state index is 13.5. The molecule has 1 aromatic carbocycles. The van der Waals surface area contributed by atoms with Crippen LogP contribution in [0.1, 0.15) is 13.3 Å². The van der Waals surface area contributed by atoms with Crippen molar-refractivity contribution in [2.24, 2.45) is 0 Å². The van der Waals surface area contributed by atoms with Gasteiger partial charge in [0.1, 0.15) is 11.5 Å². The summed E-state index contributed by atoms with van der Waals surface area (Å²) in [6.45, 7) is 2.26. The van der Waals surface area contributed by atoms with E-state index in [1.165, 1.54) is 10.7 Å². The van der Waals surface area contributed by atoms with Crippen molar-refractivity contribution in [1.29, 1.82) is 0 Å². The summed E-state index contributed by atoms with van der Waals surface area (Å²) in [4.78, 5) is 0. The number of hydrogen-bond donors (Lipinski definition) is 1. The smallest absolute Gasteiger partial charge is 0.132 e. The SMILES string of the molecule is CCC(O)Cn1cc(-c2ccccc2F)nn1. The van der Waals surface area contributed by atoms with Gasteiger partial charge in [0.2, 0.25) is 0 Å². The predicted molar refractivity (Wildman–Crippen MR) is 61.7 cm³/mol. The Morgan fingerprint density at radius 3 is 2.88 bits per heavy atom. The molecule has 0 saturated carbocycles. The topological polar surface area (TPSA) is 50.9 Å². The Kier molecular flexibility index (Phi) is 3.49. The van der Waals surface area contributed by atoms with Crippen LogP contribution >= 0.6 is 0 Å². The van der Waals surface area contributed by atoms with E-state index in [1.54, 1.807) is 24.4 Å². The maximum absolute atomic E-state index is 13.5. The van der Waals surface area contributed by atoms with Gasteiger partial charge >= 0.3 is 0 Å². The third-order valence-corrected chi connectivity index (χ3v) is 2.56. The molecule has 0 amide bonds. The predicted octanol–water partition coefficient (Wildman–Crippen LogP) is 1.86. The molecular formula is C12H14FN3O. The van der Waals surface area contributed by atoms with E-state index in [4.69, 9.17) is 0 Å². The van der Waals surface area contributed by atoms with E-state index in [-0.39, 0.29) is 5.82 Å². The molecule has 0 aliphatic rings. The zero-order valence-corrected chi connectivity index (χ0v) is 9.55. The van der Waals surface area contributed by atoms with E-state index in [0.29, 0.717) is 24.2 Å². The molecule has 2 rings (SSSR count). The molecule has 0 aliphatic carbocycles. The van der Waals surface area contributed by atoms with Crippen molar-refractivity contribution in [2.75, 3.05) is 0 Å². The van der Waals surface area contributed by atoms with Crippen molar-refractivity contribution < 1.29 is 9.50 Å². The number of nitrogens with zero attached hydrogens (tertiary/aromatic N) is 3. The fourth-order valence-corrected chi connectivity index (χ4v) is 1.53. The molecule has 1 unspecified atom stereocenters. The number of hydrogen-bond acceptors (Lipinski definition) is 3. The average molecular weight is 235 g/mol. The molecule has 1 aromatic heterocycles. The van der Waals surface area contributed by atoms with Crippen LogP contribution in [0.4, 0.5) is 4.39 Å². The Balaban J connectivity index is 2.21. The van der Waals surface area contributed by atoms with E-state index in [1.807, 2.05) is 6.92 Å². The van der Waals surface area contributed by atoms with Gasteiger partial charge in [0.05, 0.1) is 18.8 Å². The highest BCUT2D eigenvalue weighted by molar-refractivity contribution is 5.58. The largest absolute Gasteiger partial charge is 0.391 e. The Morgan fingerprint density at radius 2 is 2.18 bits per heavy atom. The van der Waals surface area contributed by atoms with Crippen molar-refractivity contribution in [3.05, 3.63) is 36.3 Å². The maximum Gasteiger partial charge on any atom is 0.132 e. The van der Waals surface area contributed by atoms with Crippen LogP contribution in [0, 0.1) is 5.82 Å². The Morgan fingerprint density at radius 1 is 1.41 bits per heavy atom. The molecule has 0 bridgehead atoms. The summed E-state index contributed by atoms with van der Waals surface area (Å²) in [6.07, 6.45) is 1.83. The van der Waals surface area contributed by atoms with Crippen LogP contribution in [0.2, 0.25) is 0 Å². The van der Waals surface area contributed by atoms with E-state index < -0.39 is 6.10 Å². The van der Waals surface area contributed by atoms with Gasteiger partial charge in [0.25, 0.3) is 0 Å². The lowest BCUT2D eigenvalue weighted by Gasteiger charge is -2.05. The summed E-state index contributed by atoms with van der Waals surface area (Å²) in [5, 5.41) is 17.2. The van der Waals surface area contributed by atoms with E-state index >= 15 is 0 Å². The molecule has 0 aliphatic heterocycles. The molecular weight excluding hydrogens is 221 g/mol. The van der Waals surface area contributed by atoms with Crippen molar-refractivity contribution in [3.8, 4) is 11.3 Å². The van der Waals surface area contributed by atoms with Crippen LogP contribution in [0.5, 0.6) is 0 Å². The Hall–Kier alpha value is -1.75. The zero-order chi connectivity index (χ0) is 12.3. The molecule has 90 valence electrons. The average Bonchev–Trinajstić information content (AvgIpc) is 2.78. The molecule has 0 radical (unpaired) electrons. The number of aliphatic hydroxyl groups excluding tert-OH is 1. The first-order valence-electron chi connectivity index (χ1n) is 5.53. The first kappa shape index (κ1) is 11.7. The molecule has 0 fully saturated rings. The lowest BCUT2D eigenvalue weighted by Crippen LogP contribution is -2.15. The second-order valence-corrected chi connectivity index (χ2v) is 3.87. The number of rotatable bonds is 4. The lowest BCUT2D eigenvalue weighted by atomic mass is 10.1. The highest BCUT2D eigenvalue weighted by Gasteiger charge is 2.10. The number of halogens is 1. The van der Waals surface area contributed by atoms with Gasteiger partial charge in [0.15, 0.2) is 0 Å². The van der Waals surface area contributed by atoms with E-state index in [9.17, 15) is 9.50 Å². The van der Waals surface area contributed by atoms with Crippen molar-refractivity contribution in [2.45, 2.75) is 26.0 Å². The summed E-state index contributed by atoms with van der Waals surface area (Å²) in [7, 11) is 0. The minimum absolute atomic E-state index is 0.324. The van der Waals surface area contributed by atoms with Gasteiger partial charge in [-0.25, -0.2) is 9.07 Å². The Labute approximate surface area is 98.7 Å². The van der Waals surface area contributed by atoms with Gasteiger partial charge in [-0.2, -0.15) is 0 Å². The third kappa shape index (κ3) is 2.68. The molecule has 0 saturated heterocycles. The molecule has 4 nitrogen and oxygen atoms in total. The molecule has 1 atom stereocenters. The molecule has 17 heavy (non-hydrogen) atoms. The fraction of sp³-hybridized carbons (Fsp3) is 0.333. The van der Waals surface area contributed by atoms with Crippen LogP contribution in [0.15, 0.2) is 30.5 Å². The minimum Gasteiger partial charge on any atom is -0.391 e. The van der Waals surface area contributed by atoms with E-state index in [0.717, 1.165) is 0 Å². The van der Waals surface area contributed by atoms with Crippen molar-refractivity contribution >= 4 is 0 Å². The van der Waals surface area contributed by atoms with Crippen LogP contribution in [0.3, 0.4) is 0 Å². The molecule has 0 spiro atoms. The normalized spacial score (nSPS) is 12.6. The number of benzene rings is 1. The fourth-order valence-electron chi connectivity index (χ4n) is 1.53. The van der Waals surface area contributed by atoms with Gasteiger partial charge < -0.3 is 5.11 Å². The van der Waals surface area contributed by atoms with Crippen LogP contribution in [-0.2, 0) is 6.54 Å². The summed E-state index contributed by atoms with van der Waals surface area (Å²) in [5.74, 6) is -0.324. The monoisotopic (exact) mass is 235 g/mol. The van der Waals surface area contributed by atoms with Gasteiger partial charge in [0, 0.05) is 5.56 Å². The van der Waals surface area contributed by atoms with Crippen molar-refractivity contribution in [3.63, 3.8) is 0 Å². The highest BCUT2D eigenvalue weighted by Crippen LogP contribution is 2.19. The second kappa shape index (κ2) is 5.05. The summed E-state index contributed by atoms with van der Waals surface area (Å²) >= 11 is 0. The minimum atomic E-state index is -0.454. The lowest BCUT2D eigenvalue weighted by molar-refractivity contribution is 0.144. The number of aliphatic hydroxyl groups is 1. The van der Waals surface area contributed by atoms with Gasteiger partial charge in [-0.1, -0.05) is 24.3 Å². The van der Waals surface area contributed by atoms with Crippen LogP contribution < -0.4 is 0 Å². The van der Waals surface area contributed by atoms with Gasteiger partial charge in [-0.15, -0.1) is 5.10 Å². The molecule has 5 heteroatoms. The molecule has 2 aromatic rings. The van der Waals surface area contributed by atoms with Crippen molar-refractivity contribution in [1.82, 2.24) is 15.0 Å². The summed E-state index contributed by atoms with van der Waals surface area (Å²) in [6, 6.07) is 6.41. The number of aromatic nitrogens is 3. The highest BCUT2D eigenvalue weighted by atomic mass is 19.1. The molecule has 1 heterocycles. The quantitative estimate of drug-likeness (QED) is 0.880. The van der Waals surface area contributed by atoms with Gasteiger partial charge in [-0.05, 0) is 18.6 Å². The first-order chi connectivity index (χ1) is 8.20. The summed E-state index contributed by atoms with van der Waals surface area (Å²) in [5.41, 5.74) is 0.899. The van der Waals surface area contributed by atoms with Crippen LogP contribution in [-0.4, -0.2) is 26.2 Å². The Bertz CT molecular complexity index is 498.